The van der Waals surface area contributed by atoms with E-state index in [-0.39, 0.29) is 24.7 Å². The van der Waals surface area contributed by atoms with Gasteiger partial charge in [-0.25, -0.2) is 0 Å². The number of amides is 1. The molecule has 1 aliphatic rings. The van der Waals surface area contributed by atoms with Crippen molar-refractivity contribution >= 4 is 63.0 Å². The molecule has 0 spiro atoms. The average Bonchev–Trinajstić information content (AvgIpc) is 3.10. The van der Waals surface area contributed by atoms with Crippen LogP contribution in [-0.4, -0.2) is 38.5 Å². The zero-order chi connectivity index (χ0) is 18.8. The summed E-state index contributed by atoms with van der Waals surface area (Å²) in [6, 6.07) is 5.18. The SMILES string of the molecule is CC(=O)c1ccc2c(/C=C3/SC(=S)N(CCCC(=O)O)C3=O)coc2c1. The van der Waals surface area contributed by atoms with E-state index < -0.39 is 5.97 Å². The summed E-state index contributed by atoms with van der Waals surface area (Å²) >= 11 is 6.41. The van der Waals surface area contributed by atoms with E-state index >= 15 is 0 Å². The number of carboxylic acid groups (broad SMARTS) is 1. The fourth-order valence-electron chi connectivity index (χ4n) is 2.60. The number of benzene rings is 1. The number of fused-ring (bicyclic) bond motifs is 1. The van der Waals surface area contributed by atoms with E-state index in [0.29, 0.717) is 26.8 Å². The van der Waals surface area contributed by atoms with Gasteiger partial charge in [0, 0.05) is 29.5 Å². The summed E-state index contributed by atoms with van der Waals surface area (Å²) in [7, 11) is 0. The molecule has 26 heavy (non-hydrogen) atoms. The number of thioether (sulfide) groups is 1. The van der Waals surface area contributed by atoms with Crippen LogP contribution >= 0.6 is 24.0 Å². The number of carbonyl (C=O) groups excluding carboxylic acids is 2. The molecule has 3 rings (SSSR count). The average molecular weight is 389 g/mol. The number of ketones is 1. The molecule has 8 heteroatoms. The minimum atomic E-state index is -0.902. The largest absolute Gasteiger partial charge is 0.481 e. The van der Waals surface area contributed by atoms with Gasteiger partial charge in [-0.15, -0.1) is 0 Å². The molecule has 6 nitrogen and oxygen atoms in total. The Bertz CT molecular complexity index is 960. The number of Topliss-reactive ketones (excluding diaryl/α,β-unsaturated/α-hetero) is 1. The molecule has 0 saturated carbocycles. The van der Waals surface area contributed by atoms with Crippen molar-refractivity contribution in [3.63, 3.8) is 0 Å². The fraction of sp³-hybridized carbons (Fsp3) is 0.222. The van der Waals surface area contributed by atoms with Crippen molar-refractivity contribution < 1.29 is 23.9 Å². The lowest BCUT2D eigenvalue weighted by Gasteiger charge is -2.13. The lowest BCUT2D eigenvalue weighted by Crippen LogP contribution is -2.29. The van der Waals surface area contributed by atoms with E-state index in [2.05, 4.69) is 0 Å². The summed E-state index contributed by atoms with van der Waals surface area (Å²) in [6.45, 7) is 1.77. The van der Waals surface area contributed by atoms with Crippen LogP contribution in [0.15, 0.2) is 33.8 Å². The highest BCUT2D eigenvalue weighted by Crippen LogP contribution is 2.34. The van der Waals surface area contributed by atoms with Gasteiger partial charge < -0.3 is 9.52 Å². The zero-order valence-electron chi connectivity index (χ0n) is 13.9. The fourth-order valence-corrected chi connectivity index (χ4v) is 3.90. The van der Waals surface area contributed by atoms with Gasteiger partial charge in [-0.1, -0.05) is 30.0 Å². The first-order chi connectivity index (χ1) is 12.4. The van der Waals surface area contributed by atoms with Gasteiger partial charge in [-0.3, -0.25) is 19.3 Å². The molecule has 134 valence electrons. The highest BCUT2D eigenvalue weighted by Gasteiger charge is 2.31. The third-order valence-electron chi connectivity index (χ3n) is 3.94. The van der Waals surface area contributed by atoms with E-state index in [9.17, 15) is 14.4 Å². The van der Waals surface area contributed by atoms with Gasteiger partial charge in [0.1, 0.15) is 9.90 Å². The Balaban J connectivity index is 1.83. The van der Waals surface area contributed by atoms with Gasteiger partial charge >= 0.3 is 5.97 Å². The summed E-state index contributed by atoms with van der Waals surface area (Å²) in [5.74, 6) is -1.19. The molecule has 1 aromatic carbocycles. The van der Waals surface area contributed by atoms with E-state index in [4.69, 9.17) is 21.7 Å². The van der Waals surface area contributed by atoms with E-state index in [0.717, 1.165) is 10.9 Å². The lowest BCUT2D eigenvalue weighted by molar-refractivity contribution is -0.137. The van der Waals surface area contributed by atoms with Crippen molar-refractivity contribution in [2.24, 2.45) is 0 Å². The Morgan fingerprint density at radius 1 is 1.38 bits per heavy atom. The molecule has 1 saturated heterocycles. The second-order valence-electron chi connectivity index (χ2n) is 5.79. The van der Waals surface area contributed by atoms with Crippen LogP contribution in [0.5, 0.6) is 0 Å². The predicted molar refractivity (Wildman–Crippen MR) is 103 cm³/mol. The number of carbonyl (C=O) groups is 3. The molecule has 0 atom stereocenters. The second-order valence-corrected chi connectivity index (χ2v) is 7.46. The van der Waals surface area contributed by atoms with Crippen LogP contribution < -0.4 is 0 Å². The molecule has 2 aromatic rings. The van der Waals surface area contributed by atoms with E-state index in [1.165, 1.54) is 29.8 Å². The van der Waals surface area contributed by atoms with Crippen molar-refractivity contribution in [2.75, 3.05) is 6.54 Å². The molecule has 1 aliphatic heterocycles. The first kappa shape index (κ1) is 18.3. The van der Waals surface area contributed by atoms with Gasteiger partial charge in [0.2, 0.25) is 0 Å². The molecule has 0 radical (unpaired) electrons. The highest BCUT2D eigenvalue weighted by molar-refractivity contribution is 8.26. The first-order valence-corrected chi connectivity index (χ1v) is 9.08. The van der Waals surface area contributed by atoms with Crippen LogP contribution in [0.2, 0.25) is 0 Å². The summed E-state index contributed by atoms with van der Waals surface area (Å²) in [4.78, 5) is 36.5. The topological polar surface area (TPSA) is 87.8 Å². The van der Waals surface area contributed by atoms with Crippen LogP contribution in [0.3, 0.4) is 0 Å². The number of furan rings is 1. The van der Waals surface area contributed by atoms with Crippen LogP contribution in [-0.2, 0) is 9.59 Å². The molecule has 2 heterocycles. The van der Waals surface area contributed by atoms with Crippen molar-refractivity contribution in [1.29, 1.82) is 0 Å². The summed E-state index contributed by atoms with van der Waals surface area (Å²) < 4.78 is 5.92. The molecule has 1 fully saturated rings. The number of hydrogen-bond acceptors (Lipinski definition) is 6. The van der Waals surface area contributed by atoms with E-state index in [1.807, 2.05) is 0 Å². The Labute approximate surface area is 158 Å². The van der Waals surface area contributed by atoms with E-state index in [1.54, 1.807) is 24.3 Å². The smallest absolute Gasteiger partial charge is 0.303 e. The number of carboxylic acids is 1. The minimum absolute atomic E-state index is 0.0129. The molecule has 1 amide bonds. The van der Waals surface area contributed by atoms with Gasteiger partial charge in [0.25, 0.3) is 5.91 Å². The number of nitrogens with zero attached hydrogens (tertiary/aromatic N) is 1. The predicted octanol–water partition coefficient (Wildman–Crippen LogP) is 3.70. The molecular weight excluding hydrogens is 374 g/mol. The standard InChI is InChI=1S/C18H15NO5S2/c1-10(20)11-4-5-13-12(9-24-14(13)7-11)8-15-17(23)19(18(25)26-15)6-2-3-16(21)22/h4-5,7-9H,2-3,6H2,1H3,(H,21,22)/b15-8+. The van der Waals surface area contributed by atoms with Crippen molar-refractivity contribution in [3.05, 3.63) is 40.5 Å². The zero-order valence-corrected chi connectivity index (χ0v) is 15.5. The monoisotopic (exact) mass is 389 g/mol. The van der Waals surface area contributed by atoms with Crippen molar-refractivity contribution in [1.82, 2.24) is 4.90 Å². The van der Waals surface area contributed by atoms with Crippen LogP contribution in [0, 0.1) is 0 Å². The van der Waals surface area contributed by atoms with Crippen molar-refractivity contribution in [3.8, 4) is 0 Å². The van der Waals surface area contributed by atoms with Crippen LogP contribution in [0.1, 0.15) is 35.7 Å². The Morgan fingerprint density at radius 3 is 2.85 bits per heavy atom. The maximum Gasteiger partial charge on any atom is 0.303 e. The molecule has 1 N–H and O–H groups in total. The Kier molecular flexibility index (Phi) is 5.24. The minimum Gasteiger partial charge on any atom is -0.481 e. The summed E-state index contributed by atoms with van der Waals surface area (Å²) in [5.41, 5.74) is 1.85. The third kappa shape index (κ3) is 3.71. The number of thiocarbonyl (C=S) groups is 1. The summed E-state index contributed by atoms with van der Waals surface area (Å²) in [5, 5.41) is 9.51. The van der Waals surface area contributed by atoms with Gasteiger partial charge in [-0.05, 0) is 31.6 Å². The highest BCUT2D eigenvalue weighted by atomic mass is 32.2. The molecular formula is C18H15NO5S2. The number of hydrogen-bond donors (Lipinski definition) is 1. The second kappa shape index (κ2) is 7.43. The van der Waals surface area contributed by atoms with Gasteiger partial charge in [-0.2, -0.15) is 0 Å². The molecule has 0 unspecified atom stereocenters. The Morgan fingerprint density at radius 2 is 2.15 bits per heavy atom. The Hall–Kier alpha value is -2.45. The van der Waals surface area contributed by atoms with Gasteiger partial charge in [0.15, 0.2) is 5.78 Å². The first-order valence-electron chi connectivity index (χ1n) is 7.86. The quantitative estimate of drug-likeness (QED) is 0.458. The van der Waals surface area contributed by atoms with Crippen LogP contribution in [0.4, 0.5) is 0 Å². The summed E-state index contributed by atoms with van der Waals surface area (Å²) in [6.07, 6.45) is 3.57. The van der Waals surface area contributed by atoms with Crippen molar-refractivity contribution in [2.45, 2.75) is 19.8 Å². The maximum atomic E-state index is 12.5. The van der Waals surface area contributed by atoms with Gasteiger partial charge in [0.05, 0.1) is 11.2 Å². The molecule has 0 aliphatic carbocycles. The maximum absolute atomic E-state index is 12.5. The normalized spacial score (nSPS) is 16.0. The molecule has 1 aromatic heterocycles. The molecule has 0 bridgehead atoms. The van der Waals surface area contributed by atoms with Crippen LogP contribution in [0.25, 0.3) is 17.0 Å². The lowest BCUT2D eigenvalue weighted by atomic mass is 10.1. The number of rotatable bonds is 6. The number of aliphatic carboxylic acids is 1. The third-order valence-corrected chi connectivity index (χ3v) is 5.32.